The van der Waals surface area contributed by atoms with Crippen molar-refractivity contribution in [2.24, 2.45) is 0 Å². The van der Waals surface area contributed by atoms with Gasteiger partial charge < -0.3 is 19.1 Å². The molecule has 0 N–H and O–H groups in total. The maximum atomic E-state index is 12.6. The molecule has 1 aliphatic rings. The molecule has 0 aliphatic carbocycles. The number of thiophene rings is 1. The fourth-order valence-electron chi connectivity index (χ4n) is 3.14. The number of benzene rings is 1. The average Bonchev–Trinajstić information content (AvgIpc) is 3.23. The fraction of sp³-hybridized carbons (Fsp3) is 0.318. The number of carbonyl (C=O) groups excluding carboxylic acids is 2. The van der Waals surface area contributed by atoms with Crippen molar-refractivity contribution < 1.29 is 23.8 Å². The molecule has 2 heterocycles. The second kappa shape index (κ2) is 9.94. The van der Waals surface area contributed by atoms with Crippen molar-refractivity contribution in [1.82, 2.24) is 4.90 Å². The normalized spacial score (nSPS) is 14.0. The minimum Gasteiger partial charge on any atom is -0.493 e. The Hall–Kier alpha value is -3.31. The van der Waals surface area contributed by atoms with Gasteiger partial charge in [0.1, 0.15) is 6.07 Å². The summed E-state index contributed by atoms with van der Waals surface area (Å²) in [5.41, 5.74) is 1.85. The predicted molar refractivity (Wildman–Crippen MR) is 112 cm³/mol. The lowest BCUT2D eigenvalue weighted by atomic mass is 10.1. The number of amides is 1. The first-order valence-corrected chi connectivity index (χ1v) is 10.3. The first kappa shape index (κ1) is 21.4. The van der Waals surface area contributed by atoms with E-state index in [0.29, 0.717) is 30.2 Å². The molecule has 30 heavy (non-hydrogen) atoms. The van der Waals surface area contributed by atoms with Crippen molar-refractivity contribution in [1.29, 1.82) is 5.26 Å². The Bertz CT molecular complexity index is 992. The van der Waals surface area contributed by atoms with Gasteiger partial charge >= 0.3 is 5.97 Å². The summed E-state index contributed by atoms with van der Waals surface area (Å²) in [4.78, 5) is 27.8. The highest BCUT2D eigenvalue weighted by molar-refractivity contribution is 7.10. The van der Waals surface area contributed by atoms with Gasteiger partial charge in [-0.25, -0.2) is 4.79 Å². The third-order valence-corrected chi connectivity index (χ3v) is 5.67. The van der Waals surface area contributed by atoms with Gasteiger partial charge in [0.15, 0.2) is 24.2 Å². The van der Waals surface area contributed by atoms with Gasteiger partial charge in [0.2, 0.25) is 0 Å². The zero-order valence-electron chi connectivity index (χ0n) is 16.8. The maximum Gasteiger partial charge on any atom is 0.331 e. The first-order valence-electron chi connectivity index (χ1n) is 9.42. The van der Waals surface area contributed by atoms with Crippen LogP contribution < -0.4 is 9.47 Å². The third-order valence-electron chi connectivity index (χ3n) is 4.65. The van der Waals surface area contributed by atoms with Crippen LogP contribution in [0.3, 0.4) is 0 Å². The van der Waals surface area contributed by atoms with Crippen LogP contribution >= 0.6 is 11.3 Å². The number of methoxy groups -OCH3 is 1. The SMILES string of the molecule is COc1cc(/C=C/C(=O)OC(C)C(=O)N2CCc3sccc3C2)ccc1OCC#N. The quantitative estimate of drug-likeness (QED) is 0.499. The highest BCUT2D eigenvalue weighted by Gasteiger charge is 2.27. The van der Waals surface area contributed by atoms with Gasteiger partial charge in [-0.05, 0) is 54.1 Å². The second-order valence-corrected chi connectivity index (χ2v) is 7.65. The summed E-state index contributed by atoms with van der Waals surface area (Å²) in [5.74, 6) is 0.0811. The molecule has 1 unspecified atom stereocenters. The molecule has 1 aliphatic heterocycles. The smallest absolute Gasteiger partial charge is 0.331 e. The molecule has 0 saturated heterocycles. The largest absolute Gasteiger partial charge is 0.493 e. The zero-order valence-corrected chi connectivity index (χ0v) is 17.6. The summed E-state index contributed by atoms with van der Waals surface area (Å²) in [7, 11) is 1.49. The van der Waals surface area contributed by atoms with Crippen LogP contribution in [0.2, 0.25) is 0 Å². The van der Waals surface area contributed by atoms with Crippen LogP contribution in [0.15, 0.2) is 35.7 Å². The van der Waals surface area contributed by atoms with E-state index in [-0.39, 0.29) is 12.5 Å². The van der Waals surface area contributed by atoms with Crippen LogP contribution in [0.25, 0.3) is 6.08 Å². The van der Waals surface area contributed by atoms with Crippen molar-refractivity contribution in [3.8, 4) is 17.6 Å². The van der Waals surface area contributed by atoms with Crippen molar-refractivity contribution >= 4 is 29.3 Å². The topological polar surface area (TPSA) is 88.9 Å². The number of carbonyl (C=O) groups is 2. The van der Waals surface area contributed by atoms with Crippen molar-refractivity contribution in [2.45, 2.75) is 26.0 Å². The molecule has 156 valence electrons. The Kier molecular flexibility index (Phi) is 7.09. The molecule has 1 aromatic heterocycles. The number of fused-ring (bicyclic) bond motifs is 1. The minimum atomic E-state index is -0.862. The number of hydrogen-bond donors (Lipinski definition) is 0. The number of nitriles is 1. The summed E-state index contributed by atoms with van der Waals surface area (Å²) in [6.45, 7) is 2.68. The summed E-state index contributed by atoms with van der Waals surface area (Å²) in [6, 6.07) is 8.98. The fourth-order valence-corrected chi connectivity index (χ4v) is 4.03. The standard InChI is InChI=1S/C22H22N2O5S/c1-15(22(26)24-10-7-20-17(14-24)8-12-30-20)29-21(25)6-4-16-3-5-18(28-11-9-23)19(13-16)27-2/h3-6,8,12-13,15H,7,10-11,14H2,1-2H3/b6-4+. The molecule has 8 heteroatoms. The molecule has 1 amide bonds. The van der Waals surface area contributed by atoms with Gasteiger partial charge in [-0.2, -0.15) is 5.26 Å². The average molecular weight is 426 g/mol. The highest BCUT2D eigenvalue weighted by atomic mass is 32.1. The summed E-state index contributed by atoms with van der Waals surface area (Å²) < 4.78 is 15.8. The molecule has 0 saturated carbocycles. The van der Waals surface area contributed by atoms with Crippen LogP contribution in [0.4, 0.5) is 0 Å². The van der Waals surface area contributed by atoms with Crippen molar-refractivity contribution in [3.63, 3.8) is 0 Å². The van der Waals surface area contributed by atoms with Crippen LogP contribution in [0, 0.1) is 11.3 Å². The van der Waals surface area contributed by atoms with Gasteiger partial charge in [0.25, 0.3) is 5.91 Å². The molecule has 0 bridgehead atoms. The number of ether oxygens (including phenoxy) is 3. The molecule has 7 nitrogen and oxygen atoms in total. The van der Waals surface area contributed by atoms with E-state index in [1.54, 1.807) is 47.4 Å². The molecule has 0 radical (unpaired) electrons. The molecular formula is C22H22N2O5S. The third kappa shape index (κ3) is 5.19. The summed E-state index contributed by atoms with van der Waals surface area (Å²) in [5, 5.41) is 10.6. The molecule has 1 aromatic carbocycles. The second-order valence-electron chi connectivity index (χ2n) is 6.65. The lowest BCUT2D eigenvalue weighted by molar-refractivity contribution is -0.155. The number of nitrogens with zero attached hydrogens (tertiary/aromatic N) is 2. The Morgan fingerprint density at radius 1 is 1.33 bits per heavy atom. The molecule has 3 rings (SSSR count). The Balaban J connectivity index is 1.56. The molecular weight excluding hydrogens is 404 g/mol. The van der Waals surface area contributed by atoms with E-state index in [1.165, 1.54) is 18.1 Å². The van der Waals surface area contributed by atoms with Gasteiger partial charge in [0.05, 0.1) is 7.11 Å². The molecule has 0 fully saturated rings. The number of esters is 1. The van der Waals surface area contributed by atoms with Gasteiger partial charge in [0, 0.05) is 24.0 Å². The van der Waals surface area contributed by atoms with Gasteiger partial charge in [-0.15, -0.1) is 11.3 Å². The highest BCUT2D eigenvalue weighted by Crippen LogP contribution is 2.28. The van der Waals surface area contributed by atoms with E-state index in [1.807, 2.05) is 17.5 Å². The van der Waals surface area contributed by atoms with Gasteiger partial charge in [-0.1, -0.05) is 6.07 Å². The minimum absolute atomic E-state index is 0.0888. The molecule has 0 spiro atoms. The Morgan fingerprint density at radius 3 is 2.93 bits per heavy atom. The maximum absolute atomic E-state index is 12.6. The van der Waals surface area contributed by atoms with Crippen LogP contribution in [-0.2, 0) is 27.3 Å². The van der Waals surface area contributed by atoms with Crippen LogP contribution in [-0.4, -0.2) is 43.1 Å². The van der Waals surface area contributed by atoms with Gasteiger partial charge in [-0.3, -0.25) is 4.79 Å². The number of rotatable bonds is 7. The van der Waals surface area contributed by atoms with Crippen molar-refractivity contribution in [2.75, 3.05) is 20.3 Å². The zero-order chi connectivity index (χ0) is 21.5. The van der Waals surface area contributed by atoms with Crippen LogP contribution in [0.1, 0.15) is 22.9 Å². The van der Waals surface area contributed by atoms with E-state index >= 15 is 0 Å². The number of hydrogen-bond acceptors (Lipinski definition) is 7. The van der Waals surface area contributed by atoms with E-state index < -0.39 is 12.1 Å². The molecule has 2 aromatic rings. The van der Waals surface area contributed by atoms with Crippen molar-refractivity contribution in [3.05, 3.63) is 51.7 Å². The monoisotopic (exact) mass is 426 g/mol. The predicted octanol–water partition coefficient (Wildman–Crippen LogP) is 3.19. The van der Waals surface area contributed by atoms with Crippen LogP contribution in [0.5, 0.6) is 11.5 Å². The van der Waals surface area contributed by atoms with E-state index in [0.717, 1.165) is 12.0 Å². The first-order chi connectivity index (χ1) is 14.5. The lowest BCUT2D eigenvalue weighted by Crippen LogP contribution is -2.42. The summed E-state index contributed by atoms with van der Waals surface area (Å²) >= 11 is 1.71. The molecule has 1 atom stereocenters. The van der Waals surface area contributed by atoms with E-state index in [2.05, 4.69) is 0 Å². The van der Waals surface area contributed by atoms with E-state index in [9.17, 15) is 9.59 Å². The summed E-state index contributed by atoms with van der Waals surface area (Å²) in [6.07, 6.45) is 2.80. The Labute approximate surface area is 179 Å². The lowest BCUT2D eigenvalue weighted by Gasteiger charge is -2.29. The van der Waals surface area contributed by atoms with E-state index in [4.69, 9.17) is 19.5 Å². The Morgan fingerprint density at radius 2 is 2.17 bits per heavy atom.